The van der Waals surface area contributed by atoms with Crippen LogP contribution in [0.25, 0.3) is 10.9 Å². The van der Waals surface area contributed by atoms with E-state index in [0.29, 0.717) is 6.42 Å². The Morgan fingerprint density at radius 2 is 1.76 bits per heavy atom. The van der Waals surface area contributed by atoms with E-state index in [-0.39, 0.29) is 11.7 Å². The Hall–Kier alpha value is -2.35. The number of ketones is 1. The predicted octanol–water partition coefficient (Wildman–Crippen LogP) is 4.93. The predicted molar refractivity (Wildman–Crippen MR) is 86.7 cm³/mol. The highest BCUT2D eigenvalue weighted by atomic mass is 16.1. The molecule has 2 aromatic carbocycles. The molecule has 106 valence electrons. The van der Waals surface area contributed by atoms with E-state index in [1.807, 2.05) is 42.5 Å². The van der Waals surface area contributed by atoms with E-state index in [1.165, 1.54) is 5.39 Å². The van der Waals surface area contributed by atoms with Gasteiger partial charge in [0.15, 0.2) is 5.78 Å². The van der Waals surface area contributed by atoms with Crippen LogP contribution in [0.2, 0.25) is 0 Å². The average Bonchev–Trinajstić information content (AvgIpc) is 2.97. The number of carbonyl (C=O) groups excluding carboxylic acids is 1. The van der Waals surface area contributed by atoms with Gasteiger partial charge in [-0.3, -0.25) is 4.79 Å². The fourth-order valence-electron chi connectivity index (χ4n) is 2.76. The standard InChI is InChI=1S/C19H19NO/c1-2-14(13-19(21)15-8-4-3-5-9-15)18-12-16-10-6-7-11-17(16)20-18/h3-12,14,20H,2,13H2,1H3/t14-/m1/s1. The number of benzene rings is 2. The van der Waals surface area contributed by atoms with E-state index in [2.05, 4.69) is 30.1 Å². The van der Waals surface area contributed by atoms with Crippen molar-refractivity contribution in [3.63, 3.8) is 0 Å². The minimum atomic E-state index is 0.209. The van der Waals surface area contributed by atoms with Crippen LogP contribution in [-0.4, -0.2) is 10.8 Å². The van der Waals surface area contributed by atoms with Crippen molar-refractivity contribution in [1.82, 2.24) is 4.98 Å². The van der Waals surface area contributed by atoms with Crippen molar-refractivity contribution in [2.45, 2.75) is 25.7 Å². The Kier molecular flexibility index (Phi) is 3.87. The van der Waals surface area contributed by atoms with Crippen molar-refractivity contribution < 1.29 is 4.79 Å². The van der Waals surface area contributed by atoms with E-state index in [4.69, 9.17) is 0 Å². The fraction of sp³-hybridized carbons (Fsp3) is 0.211. The lowest BCUT2D eigenvalue weighted by Crippen LogP contribution is -2.07. The summed E-state index contributed by atoms with van der Waals surface area (Å²) in [7, 11) is 0. The van der Waals surface area contributed by atoms with Crippen LogP contribution >= 0.6 is 0 Å². The van der Waals surface area contributed by atoms with Gasteiger partial charge in [-0.15, -0.1) is 0 Å². The molecule has 0 spiro atoms. The Labute approximate surface area is 124 Å². The molecule has 0 radical (unpaired) electrons. The normalized spacial score (nSPS) is 12.4. The Morgan fingerprint density at radius 1 is 1.05 bits per heavy atom. The number of rotatable bonds is 5. The molecule has 1 N–H and O–H groups in total. The van der Waals surface area contributed by atoms with Gasteiger partial charge in [0.2, 0.25) is 0 Å². The van der Waals surface area contributed by atoms with Crippen LogP contribution in [0.4, 0.5) is 0 Å². The van der Waals surface area contributed by atoms with E-state index in [0.717, 1.165) is 23.2 Å². The van der Waals surface area contributed by atoms with Crippen LogP contribution in [0, 0.1) is 0 Å². The molecule has 1 atom stereocenters. The lowest BCUT2D eigenvalue weighted by molar-refractivity contribution is 0.0972. The molecular weight excluding hydrogens is 258 g/mol. The molecule has 0 unspecified atom stereocenters. The van der Waals surface area contributed by atoms with Gasteiger partial charge in [0.25, 0.3) is 0 Å². The second-order valence-electron chi connectivity index (χ2n) is 5.41. The molecule has 1 heterocycles. The quantitative estimate of drug-likeness (QED) is 0.659. The van der Waals surface area contributed by atoms with Crippen LogP contribution < -0.4 is 0 Å². The van der Waals surface area contributed by atoms with Crippen molar-refractivity contribution in [3.8, 4) is 0 Å². The molecule has 0 amide bonds. The van der Waals surface area contributed by atoms with Gasteiger partial charge < -0.3 is 4.98 Å². The zero-order valence-corrected chi connectivity index (χ0v) is 12.2. The van der Waals surface area contributed by atoms with Crippen LogP contribution in [0.3, 0.4) is 0 Å². The number of carbonyl (C=O) groups is 1. The van der Waals surface area contributed by atoms with Crippen LogP contribution in [0.15, 0.2) is 60.7 Å². The number of para-hydroxylation sites is 1. The van der Waals surface area contributed by atoms with Gasteiger partial charge in [0.1, 0.15) is 0 Å². The molecule has 0 aliphatic rings. The highest BCUT2D eigenvalue weighted by molar-refractivity contribution is 5.96. The average molecular weight is 277 g/mol. The number of fused-ring (bicyclic) bond motifs is 1. The molecular formula is C19H19NO. The van der Waals surface area contributed by atoms with Gasteiger partial charge in [0.05, 0.1) is 0 Å². The Bertz CT molecular complexity index is 709. The monoisotopic (exact) mass is 277 g/mol. The first-order chi connectivity index (χ1) is 10.3. The lowest BCUT2D eigenvalue weighted by atomic mass is 9.93. The first kappa shape index (κ1) is 13.6. The second-order valence-corrected chi connectivity index (χ2v) is 5.41. The minimum absolute atomic E-state index is 0.209. The smallest absolute Gasteiger partial charge is 0.163 e. The number of H-pyrrole nitrogens is 1. The SMILES string of the molecule is CC[C@H](CC(=O)c1ccccc1)c1cc2ccccc2[nH]1. The first-order valence-electron chi connectivity index (χ1n) is 7.44. The molecule has 2 heteroatoms. The zero-order valence-electron chi connectivity index (χ0n) is 12.2. The summed E-state index contributed by atoms with van der Waals surface area (Å²) in [5, 5.41) is 1.21. The van der Waals surface area contributed by atoms with Gasteiger partial charge in [-0.1, -0.05) is 55.5 Å². The van der Waals surface area contributed by atoms with Gasteiger partial charge in [0, 0.05) is 29.1 Å². The molecule has 0 saturated carbocycles. The molecule has 0 aliphatic carbocycles. The molecule has 0 fully saturated rings. The molecule has 3 aromatic rings. The molecule has 0 saturated heterocycles. The first-order valence-corrected chi connectivity index (χ1v) is 7.44. The Morgan fingerprint density at radius 3 is 2.48 bits per heavy atom. The van der Waals surface area contributed by atoms with Crippen molar-refractivity contribution >= 4 is 16.7 Å². The number of hydrogen-bond acceptors (Lipinski definition) is 1. The van der Waals surface area contributed by atoms with Crippen molar-refractivity contribution in [2.24, 2.45) is 0 Å². The largest absolute Gasteiger partial charge is 0.358 e. The maximum atomic E-state index is 12.4. The molecule has 21 heavy (non-hydrogen) atoms. The maximum Gasteiger partial charge on any atom is 0.163 e. The van der Waals surface area contributed by atoms with Crippen molar-refractivity contribution in [3.05, 3.63) is 71.9 Å². The highest BCUT2D eigenvalue weighted by Gasteiger charge is 2.17. The van der Waals surface area contributed by atoms with Crippen molar-refractivity contribution in [1.29, 1.82) is 0 Å². The highest BCUT2D eigenvalue weighted by Crippen LogP contribution is 2.27. The summed E-state index contributed by atoms with van der Waals surface area (Å²) in [4.78, 5) is 15.8. The lowest BCUT2D eigenvalue weighted by Gasteiger charge is -2.12. The summed E-state index contributed by atoms with van der Waals surface area (Å²) in [5.74, 6) is 0.450. The minimum Gasteiger partial charge on any atom is -0.358 e. The molecule has 0 bridgehead atoms. The Balaban J connectivity index is 1.83. The third kappa shape index (κ3) is 2.89. The topological polar surface area (TPSA) is 32.9 Å². The van der Waals surface area contributed by atoms with Gasteiger partial charge in [-0.25, -0.2) is 0 Å². The number of hydrogen-bond donors (Lipinski definition) is 1. The van der Waals surface area contributed by atoms with E-state index >= 15 is 0 Å². The van der Waals surface area contributed by atoms with Gasteiger partial charge in [-0.2, -0.15) is 0 Å². The van der Waals surface area contributed by atoms with E-state index < -0.39 is 0 Å². The third-order valence-corrected chi connectivity index (χ3v) is 4.01. The molecule has 3 rings (SSSR count). The van der Waals surface area contributed by atoms with E-state index in [9.17, 15) is 4.79 Å². The third-order valence-electron chi connectivity index (χ3n) is 4.01. The van der Waals surface area contributed by atoms with Crippen LogP contribution in [0.1, 0.15) is 41.7 Å². The summed E-state index contributed by atoms with van der Waals surface area (Å²) in [6.45, 7) is 2.13. The summed E-state index contributed by atoms with van der Waals surface area (Å²) >= 11 is 0. The van der Waals surface area contributed by atoms with Gasteiger partial charge in [-0.05, 0) is 23.9 Å². The molecule has 2 nitrogen and oxygen atoms in total. The summed E-state index contributed by atoms with van der Waals surface area (Å²) in [6, 6.07) is 19.9. The number of nitrogens with one attached hydrogen (secondary N) is 1. The summed E-state index contributed by atoms with van der Waals surface area (Å²) in [6.07, 6.45) is 1.50. The van der Waals surface area contributed by atoms with E-state index in [1.54, 1.807) is 0 Å². The number of aromatic amines is 1. The second kappa shape index (κ2) is 5.96. The number of aromatic nitrogens is 1. The maximum absolute atomic E-state index is 12.4. The fourth-order valence-corrected chi connectivity index (χ4v) is 2.76. The zero-order chi connectivity index (χ0) is 14.7. The summed E-state index contributed by atoms with van der Waals surface area (Å²) in [5.41, 5.74) is 3.09. The molecule has 0 aliphatic heterocycles. The van der Waals surface area contributed by atoms with Crippen LogP contribution in [0.5, 0.6) is 0 Å². The van der Waals surface area contributed by atoms with Crippen LogP contribution in [-0.2, 0) is 0 Å². The van der Waals surface area contributed by atoms with Crippen molar-refractivity contribution in [2.75, 3.05) is 0 Å². The summed E-state index contributed by atoms with van der Waals surface area (Å²) < 4.78 is 0. The molecule has 1 aromatic heterocycles. The van der Waals surface area contributed by atoms with Gasteiger partial charge >= 0.3 is 0 Å². The number of Topliss-reactive ketones (excluding diaryl/α,β-unsaturated/α-hetero) is 1.